The van der Waals surface area contributed by atoms with Gasteiger partial charge in [-0.3, -0.25) is 4.68 Å². The topological polar surface area (TPSA) is 29.9 Å². The lowest BCUT2D eigenvalue weighted by Gasteiger charge is -2.18. The highest BCUT2D eigenvalue weighted by Crippen LogP contribution is 2.26. The van der Waals surface area contributed by atoms with Crippen LogP contribution in [0.3, 0.4) is 0 Å². The predicted molar refractivity (Wildman–Crippen MR) is 75.6 cm³/mol. The summed E-state index contributed by atoms with van der Waals surface area (Å²) < 4.78 is 41.7. The highest BCUT2D eigenvalue weighted by molar-refractivity contribution is 5.47. The second-order valence-electron chi connectivity index (χ2n) is 6.02. The summed E-state index contributed by atoms with van der Waals surface area (Å²) >= 11 is 0. The van der Waals surface area contributed by atoms with Crippen LogP contribution in [-0.4, -0.2) is 9.78 Å². The first kappa shape index (κ1) is 15.4. The van der Waals surface area contributed by atoms with Crippen LogP contribution in [0.25, 0.3) is 0 Å². The largest absolute Gasteiger partial charge is 0.376 e. The molecule has 0 bridgehead atoms. The fourth-order valence-corrected chi connectivity index (χ4v) is 2.19. The van der Waals surface area contributed by atoms with Gasteiger partial charge < -0.3 is 5.32 Å². The van der Waals surface area contributed by atoms with E-state index in [-0.39, 0.29) is 17.6 Å². The lowest BCUT2D eigenvalue weighted by atomic mass is 9.89. The average Bonchev–Trinajstić information content (AvgIpc) is 2.69. The highest BCUT2D eigenvalue weighted by atomic mass is 19.1. The van der Waals surface area contributed by atoms with E-state index in [1.165, 1.54) is 0 Å². The Morgan fingerprint density at radius 3 is 2.24 bits per heavy atom. The third kappa shape index (κ3) is 3.37. The molecule has 0 saturated carbocycles. The zero-order valence-electron chi connectivity index (χ0n) is 12.5. The second-order valence-corrected chi connectivity index (χ2v) is 6.02. The van der Waals surface area contributed by atoms with Crippen LogP contribution >= 0.6 is 0 Å². The molecule has 0 radical (unpaired) electrons. The number of aryl methyl sites for hydroxylation is 1. The molecule has 0 aliphatic rings. The molecule has 0 atom stereocenters. The maximum atomic E-state index is 13.6. The molecule has 2 aromatic rings. The van der Waals surface area contributed by atoms with Crippen LogP contribution in [0.5, 0.6) is 0 Å². The Balaban J connectivity index is 2.25. The lowest BCUT2D eigenvalue weighted by Crippen LogP contribution is -2.16. The van der Waals surface area contributed by atoms with Crippen LogP contribution in [0, 0.1) is 17.5 Å². The van der Waals surface area contributed by atoms with Gasteiger partial charge in [0, 0.05) is 42.9 Å². The SMILES string of the molecule is Cn1cc(CNc2c(F)cc(F)cc2F)c(C(C)(C)C)n1. The van der Waals surface area contributed by atoms with Crippen LogP contribution in [0.4, 0.5) is 18.9 Å². The van der Waals surface area contributed by atoms with E-state index in [0.717, 1.165) is 11.3 Å². The molecule has 114 valence electrons. The maximum absolute atomic E-state index is 13.6. The maximum Gasteiger partial charge on any atom is 0.152 e. The van der Waals surface area contributed by atoms with Gasteiger partial charge in [0.25, 0.3) is 0 Å². The number of anilines is 1. The van der Waals surface area contributed by atoms with Crippen molar-refractivity contribution in [3.05, 3.63) is 47.0 Å². The van der Waals surface area contributed by atoms with E-state index in [1.54, 1.807) is 17.9 Å². The summed E-state index contributed by atoms with van der Waals surface area (Å²) in [5, 5.41) is 7.06. The molecule has 1 N–H and O–H groups in total. The van der Waals surface area contributed by atoms with Gasteiger partial charge in [0.2, 0.25) is 0 Å². The number of benzene rings is 1. The minimum atomic E-state index is -0.950. The van der Waals surface area contributed by atoms with Crippen molar-refractivity contribution in [2.75, 3.05) is 5.32 Å². The van der Waals surface area contributed by atoms with Gasteiger partial charge >= 0.3 is 0 Å². The van der Waals surface area contributed by atoms with Crippen molar-refractivity contribution >= 4 is 5.69 Å². The summed E-state index contributed by atoms with van der Waals surface area (Å²) in [6.07, 6.45) is 1.80. The Hall–Kier alpha value is -1.98. The predicted octanol–water partition coefficient (Wildman–Crippen LogP) is 3.75. The standard InChI is InChI=1S/C15H18F3N3/c1-15(2,3)14-9(8-21(4)20-14)7-19-13-11(17)5-10(16)6-12(13)18/h5-6,8,19H,7H2,1-4H3. The fraction of sp³-hybridized carbons (Fsp3) is 0.400. The summed E-state index contributed by atoms with van der Waals surface area (Å²) in [4.78, 5) is 0. The van der Waals surface area contributed by atoms with Crippen molar-refractivity contribution in [2.45, 2.75) is 32.7 Å². The van der Waals surface area contributed by atoms with Gasteiger partial charge in [-0.15, -0.1) is 0 Å². The Morgan fingerprint density at radius 2 is 1.71 bits per heavy atom. The summed E-state index contributed by atoms with van der Waals surface area (Å²) in [5.74, 6) is -2.84. The van der Waals surface area contributed by atoms with E-state index in [1.807, 2.05) is 20.8 Å². The minimum Gasteiger partial charge on any atom is -0.376 e. The van der Waals surface area contributed by atoms with Gasteiger partial charge in [-0.1, -0.05) is 20.8 Å². The van der Waals surface area contributed by atoms with E-state index in [9.17, 15) is 13.2 Å². The van der Waals surface area contributed by atoms with Crippen LogP contribution in [-0.2, 0) is 19.0 Å². The minimum absolute atomic E-state index is 0.182. The summed E-state index contributed by atoms with van der Waals surface area (Å²) in [7, 11) is 1.79. The van der Waals surface area contributed by atoms with E-state index < -0.39 is 17.5 Å². The smallest absolute Gasteiger partial charge is 0.152 e. The van der Waals surface area contributed by atoms with Crippen molar-refractivity contribution < 1.29 is 13.2 Å². The number of halogens is 3. The van der Waals surface area contributed by atoms with Gasteiger partial charge in [-0.2, -0.15) is 5.10 Å². The quantitative estimate of drug-likeness (QED) is 0.935. The first-order valence-corrected chi connectivity index (χ1v) is 6.60. The van der Waals surface area contributed by atoms with Gasteiger partial charge in [-0.25, -0.2) is 13.2 Å². The zero-order valence-corrected chi connectivity index (χ0v) is 12.5. The molecule has 1 heterocycles. The molecular formula is C15H18F3N3. The van der Waals surface area contributed by atoms with Crippen LogP contribution in [0.1, 0.15) is 32.0 Å². The molecule has 6 heteroatoms. The number of hydrogen-bond donors (Lipinski definition) is 1. The molecule has 2 rings (SSSR count). The molecular weight excluding hydrogens is 279 g/mol. The molecule has 0 fully saturated rings. The third-order valence-corrected chi connectivity index (χ3v) is 3.08. The first-order valence-electron chi connectivity index (χ1n) is 6.60. The Morgan fingerprint density at radius 1 is 1.14 bits per heavy atom. The number of nitrogens with one attached hydrogen (secondary N) is 1. The second kappa shape index (κ2) is 5.42. The van der Waals surface area contributed by atoms with Gasteiger partial charge in [-0.05, 0) is 0 Å². The Labute approximate surface area is 121 Å². The summed E-state index contributed by atoms with van der Waals surface area (Å²) in [6, 6.07) is 1.30. The molecule has 3 nitrogen and oxygen atoms in total. The van der Waals surface area contributed by atoms with Gasteiger partial charge in [0.05, 0.1) is 5.69 Å². The van der Waals surface area contributed by atoms with Gasteiger partial charge in [0.1, 0.15) is 11.5 Å². The highest BCUT2D eigenvalue weighted by Gasteiger charge is 2.22. The number of hydrogen-bond acceptors (Lipinski definition) is 2. The number of rotatable bonds is 3. The van der Waals surface area contributed by atoms with Crippen molar-refractivity contribution in [2.24, 2.45) is 7.05 Å². The van der Waals surface area contributed by atoms with Crippen molar-refractivity contribution in [3.8, 4) is 0 Å². The van der Waals surface area contributed by atoms with Crippen molar-refractivity contribution in [3.63, 3.8) is 0 Å². The summed E-state index contributed by atoms with van der Waals surface area (Å²) in [6.45, 7) is 6.24. The van der Waals surface area contributed by atoms with Crippen LogP contribution in [0.2, 0.25) is 0 Å². The molecule has 0 aliphatic carbocycles. The van der Waals surface area contributed by atoms with E-state index >= 15 is 0 Å². The molecule has 0 spiro atoms. The Bertz CT molecular complexity index is 634. The molecule has 0 amide bonds. The third-order valence-electron chi connectivity index (χ3n) is 3.08. The fourth-order valence-electron chi connectivity index (χ4n) is 2.19. The van der Waals surface area contributed by atoms with Crippen LogP contribution < -0.4 is 5.32 Å². The molecule has 1 aromatic heterocycles. The monoisotopic (exact) mass is 297 g/mol. The van der Waals surface area contributed by atoms with Gasteiger partial charge in [0.15, 0.2) is 11.6 Å². The summed E-state index contributed by atoms with van der Waals surface area (Å²) in [5.41, 5.74) is 1.17. The number of nitrogens with zero attached hydrogens (tertiary/aromatic N) is 2. The van der Waals surface area contributed by atoms with E-state index in [4.69, 9.17) is 0 Å². The molecule has 21 heavy (non-hydrogen) atoms. The molecule has 1 aromatic carbocycles. The number of aromatic nitrogens is 2. The lowest BCUT2D eigenvalue weighted by molar-refractivity contribution is 0.544. The molecule has 0 unspecified atom stereocenters. The molecule has 0 aliphatic heterocycles. The first-order chi connectivity index (χ1) is 9.68. The average molecular weight is 297 g/mol. The normalized spacial score (nSPS) is 11.8. The zero-order chi connectivity index (χ0) is 15.8. The van der Waals surface area contributed by atoms with Crippen LogP contribution in [0.15, 0.2) is 18.3 Å². The van der Waals surface area contributed by atoms with E-state index in [0.29, 0.717) is 12.1 Å². The van der Waals surface area contributed by atoms with E-state index in [2.05, 4.69) is 10.4 Å². The van der Waals surface area contributed by atoms with Crippen molar-refractivity contribution in [1.29, 1.82) is 0 Å². The molecule has 0 saturated heterocycles. The van der Waals surface area contributed by atoms with Crippen molar-refractivity contribution in [1.82, 2.24) is 9.78 Å². The Kier molecular flexibility index (Phi) is 3.98.